The lowest BCUT2D eigenvalue weighted by atomic mass is 9.67. The summed E-state index contributed by atoms with van der Waals surface area (Å²) in [6.45, 7) is 4.72. The molecule has 0 N–H and O–H groups in total. The van der Waals surface area contributed by atoms with Crippen LogP contribution in [0.3, 0.4) is 0 Å². The third-order valence-corrected chi connectivity index (χ3v) is 14.6. The maximum atomic E-state index is 5.60. The van der Waals surface area contributed by atoms with Crippen molar-refractivity contribution in [3.8, 4) is 67.3 Å². The third kappa shape index (κ3) is 5.61. The van der Waals surface area contributed by atoms with Crippen molar-refractivity contribution >= 4 is 21.5 Å². The summed E-state index contributed by atoms with van der Waals surface area (Å²) in [5, 5.41) is 4.85. The molecule has 11 aromatic rings. The van der Waals surface area contributed by atoms with Crippen molar-refractivity contribution in [2.24, 2.45) is 0 Å². The summed E-state index contributed by atoms with van der Waals surface area (Å²) < 4.78 is 0. The molecule has 0 fully saturated rings. The summed E-state index contributed by atoms with van der Waals surface area (Å²) in [6.07, 6.45) is 0. The topological polar surface area (TPSA) is 25.8 Å². The maximum absolute atomic E-state index is 5.60. The first kappa shape index (κ1) is 38.3. The lowest BCUT2D eigenvalue weighted by Crippen LogP contribution is -2.28. The second kappa shape index (κ2) is 14.7. The van der Waals surface area contributed by atoms with E-state index in [1.807, 2.05) is 0 Å². The molecule has 0 saturated carbocycles. The van der Waals surface area contributed by atoms with Gasteiger partial charge in [-0.1, -0.05) is 214 Å². The van der Waals surface area contributed by atoms with Crippen molar-refractivity contribution in [3.63, 3.8) is 0 Å². The van der Waals surface area contributed by atoms with Gasteiger partial charge in [-0.3, -0.25) is 0 Å². The van der Waals surface area contributed by atoms with E-state index < -0.39 is 5.41 Å². The van der Waals surface area contributed by atoms with Crippen LogP contribution >= 0.6 is 0 Å². The number of nitrogens with zero attached hydrogens (tertiary/aromatic N) is 2. The highest BCUT2D eigenvalue weighted by Gasteiger charge is 2.47. The third-order valence-electron chi connectivity index (χ3n) is 14.6. The van der Waals surface area contributed by atoms with Crippen LogP contribution in [0.25, 0.3) is 88.8 Å². The quantitative estimate of drug-likeness (QED) is 0.167. The van der Waals surface area contributed by atoms with Gasteiger partial charge in [-0.15, -0.1) is 0 Å². The van der Waals surface area contributed by atoms with Crippen LogP contribution in [0.1, 0.15) is 47.2 Å². The molecule has 1 aromatic heterocycles. The Morgan fingerprint density at radius 1 is 0.318 bits per heavy atom. The summed E-state index contributed by atoms with van der Waals surface area (Å²) in [4.78, 5) is 11.0. The van der Waals surface area contributed by atoms with Crippen LogP contribution in [0.5, 0.6) is 0 Å². The van der Waals surface area contributed by atoms with Crippen molar-refractivity contribution in [2.75, 3.05) is 0 Å². The molecular weight excluding hydrogens is 797 g/mol. The van der Waals surface area contributed by atoms with Crippen molar-refractivity contribution in [2.45, 2.75) is 24.7 Å². The number of hydrogen-bond donors (Lipinski definition) is 0. The van der Waals surface area contributed by atoms with Gasteiger partial charge < -0.3 is 0 Å². The monoisotopic (exact) mass is 840 g/mol. The smallest absolute Gasteiger partial charge is 0.161 e. The second-order valence-corrected chi connectivity index (χ2v) is 18.4. The molecule has 10 aromatic carbocycles. The molecule has 0 aliphatic heterocycles. The summed E-state index contributed by atoms with van der Waals surface area (Å²) >= 11 is 0. The molecule has 2 aliphatic rings. The summed E-state index contributed by atoms with van der Waals surface area (Å²) in [5.74, 6) is 0.701. The Hall–Kier alpha value is -8.20. The first-order valence-corrected chi connectivity index (χ1v) is 23.0. The summed E-state index contributed by atoms with van der Waals surface area (Å²) in [7, 11) is 0. The number of hydrogen-bond acceptors (Lipinski definition) is 2. The normalized spacial score (nSPS) is 13.8. The molecule has 0 atom stereocenters. The average molecular weight is 841 g/mol. The zero-order valence-corrected chi connectivity index (χ0v) is 36.8. The molecule has 0 saturated heterocycles. The first-order chi connectivity index (χ1) is 32.5. The minimum Gasteiger partial charge on any atom is -0.228 e. The molecular formula is C64H44N2. The minimum atomic E-state index is -0.516. The zero-order valence-electron chi connectivity index (χ0n) is 36.8. The lowest BCUT2D eigenvalue weighted by Gasteiger charge is -2.33. The SMILES string of the molecule is CC1(C)c2ccc(-c3ccc(-c4nc(-c5ccccc5)cc(-c5cccc6c5-c5ccccc5C6(c5ccccc5)c5ccccc5)n4)c4ccccc34)cc2-c2cc3ccccc3cc21. The van der Waals surface area contributed by atoms with Crippen LogP contribution in [0.2, 0.25) is 0 Å². The second-order valence-electron chi connectivity index (χ2n) is 18.4. The Bertz CT molecular complexity index is 3680. The minimum absolute atomic E-state index is 0.0937. The molecule has 66 heavy (non-hydrogen) atoms. The summed E-state index contributed by atoms with van der Waals surface area (Å²) in [6, 6.07) is 84.3. The van der Waals surface area contributed by atoms with E-state index in [2.05, 4.69) is 244 Å². The van der Waals surface area contributed by atoms with Crippen LogP contribution in [0.4, 0.5) is 0 Å². The van der Waals surface area contributed by atoms with Gasteiger partial charge in [0, 0.05) is 22.1 Å². The standard InChI is InChI=1S/C64H44N2/c1-63(2)55-36-33-44(38-53(55)54-37-42-21-12-13-22-43(42)39-58(54)63)47-34-35-50(49-28-15-14-27-48(47)49)62-65-59(41-19-6-3-7-20-41)40-60(66-62)52-30-18-32-57-61(52)51-29-16-17-31-56(51)64(57,45-23-8-4-9-24-45)46-25-10-5-11-26-46/h3-40H,1-2H3. The Kier molecular flexibility index (Phi) is 8.51. The highest BCUT2D eigenvalue weighted by Crippen LogP contribution is 2.58. The van der Waals surface area contributed by atoms with E-state index >= 15 is 0 Å². The van der Waals surface area contributed by atoms with Gasteiger partial charge >= 0.3 is 0 Å². The van der Waals surface area contributed by atoms with E-state index in [1.54, 1.807) is 0 Å². The molecule has 0 bridgehead atoms. The summed E-state index contributed by atoms with van der Waals surface area (Å²) in [5.41, 5.74) is 19.5. The molecule has 0 radical (unpaired) electrons. The zero-order chi connectivity index (χ0) is 44.0. The van der Waals surface area contributed by atoms with Crippen molar-refractivity contribution in [1.82, 2.24) is 9.97 Å². The number of fused-ring (bicyclic) bond motifs is 8. The molecule has 0 unspecified atom stereocenters. The Morgan fingerprint density at radius 3 is 1.62 bits per heavy atom. The van der Waals surface area contributed by atoms with E-state index in [0.29, 0.717) is 5.82 Å². The molecule has 1 heterocycles. The van der Waals surface area contributed by atoms with Gasteiger partial charge in [-0.2, -0.15) is 0 Å². The van der Waals surface area contributed by atoms with Gasteiger partial charge in [0.2, 0.25) is 0 Å². The molecule has 0 amide bonds. The van der Waals surface area contributed by atoms with Crippen LogP contribution < -0.4 is 0 Å². The van der Waals surface area contributed by atoms with Crippen LogP contribution in [-0.4, -0.2) is 9.97 Å². The van der Waals surface area contributed by atoms with Gasteiger partial charge in [-0.05, 0) is 119 Å². The van der Waals surface area contributed by atoms with Crippen molar-refractivity contribution < 1.29 is 0 Å². The molecule has 13 rings (SSSR count). The van der Waals surface area contributed by atoms with Crippen LogP contribution in [0, 0.1) is 0 Å². The fourth-order valence-electron chi connectivity index (χ4n) is 11.5. The van der Waals surface area contributed by atoms with E-state index in [1.165, 1.54) is 82.9 Å². The molecule has 2 aliphatic carbocycles. The lowest BCUT2D eigenvalue weighted by molar-refractivity contribution is 0.661. The van der Waals surface area contributed by atoms with Gasteiger partial charge in [0.1, 0.15) is 0 Å². The highest BCUT2D eigenvalue weighted by atomic mass is 14.9. The number of rotatable bonds is 6. The highest BCUT2D eigenvalue weighted by molar-refractivity contribution is 6.05. The molecule has 2 nitrogen and oxygen atoms in total. The predicted molar refractivity (Wildman–Crippen MR) is 274 cm³/mol. The number of benzene rings is 10. The van der Waals surface area contributed by atoms with Gasteiger partial charge in [0.15, 0.2) is 5.82 Å². The van der Waals surface area contributed by atoms with Crippen molar-refractivity contribution in [3.05, 3.63) is 264 Å². The van der Waals surface area contributed by atoms with Crippen LogP contribution in [0.15, 0.2) is 231 Å². The van der Waals surface area contributed by atoms with E-state index in [9.17, 15) is 0 Å². The predicted octanol–water partition coefficient (Wildman–Crippen LogP) is 16.1. The van der Waals surface area contributed by atoms with E-state index in [0.717, 1.165) is 33.5 Å². The average Bonchev–Trinajstić information content (AvgIpc) is 3.81. The van der Waals surface area contributed by atoms with Gasteiger partial charge in [-0.25, -0.2) is 9.97 Å². The Morgan fingerprint density at radius 2 is 0.879 bits per heavy atom. The Labute approximate surface area is 385 Å². The molecule has 2 heteroatoms. The number of aromatic nitrogens is 2. The van der Waals surface area contributed by atoms with Crippen LogP contribution in [-0.2, 0) is 10.8 Å². The Balaban J connectivity index is 1.01. The fourth-order valence-corrected chi connectivity index (χ4v) is 11.5. The molecule has 310 valence electrons. The largest absolute Gasteiger partial charge is 0.228 e. The fraction of sp³-hybridized carbons (Fsp3) is 0.0625. The van der Waals surface area contributed by atoms with Crippen molar-refractivity contribution in [1.29, 1.82) is 0 Å². The maximum Gasteiger partial charge on any atom is 0.161 e. The molecule has 0 spiro atoms. The van der Waals surface area contributed by atoms with Gasteiger partial charge in [0.05, 0.1) is 16.8 Å². The van der Waals surface area contributed by atoms with E-state index in [-0.39, 0.29) is 5.41 Å². The van der Waals surface area contributed by atoms with Gasteiger partial charge in [0.25, 0.3) is 0 Å². The van der Waals surface area contributed by atoms with E-state index in [4.69, 9.17) is 9.97 Å². The first-order valence-electron chi connectivity index (χ1n) is 23.0.